The number of H-pyrrole nitrogens is 1. The smallest absolute Gasteiger partial charge is 0.270 e. The molecule has 0 atom stereocenters. The molecule has 2 aromatic carbocycles. The second-order valence-electron chi connectivity index (χ2n) is 5.09. The molecule has 2 N–H and O–H groups in total. The summed E-state index contributed by atoms with van der Waals surface area (Å²) in [5, 5.41) is 20.9. The third-order valence-electron chi connectivity index (χ3n) is 3.31. The molecule has 25 heavy (non-hydrogen) atoms. The fourth-order valence-electron chi connectivity index (χ4n) is 2.19. The number of amides is 1. The van der Waals surface area contributed by atoms with E-state index in [1.165, 1.54) is 30.3 Å². The Morgan fingerprint density at radius 1 is 1.12 bits per heavy atom. The van der Waals surface area contributed by atoms with E-state index >= 15 is 0 Å². The highest BCUT2D eigenvalue weighted by Crippen LogP contribution is 2.24. The summed E-state index contributed by atoms with van der Waals surface area (Å²) in [6.45, 7) is 0. The first-order valence-corrected chi connectivity index (χ1v) is 7.75. The molecule has 3 aromatic rings. The van der Waals surface area contributed by atoms with Gasteiger partial charge in [-0.2, -0.15) is 5.10 Å². The molecule has 1 aromatic heterocycles. The molecule has 9 heteroatoms. The van der Waals surface area contributed by atoms with Crippen LogP contribution in [0.2, 0.25) is 10.0 Å². The third kappa shape index (κ3) is 3.96. The van der Waals surface area contributed by atoms with Crippen LogP contribution in [0, 0.1) is 10.1 Å². The lowest BCUT2D eigenvalue weighted by molar-refractivity contribution is -0.384. The van der Waals surface area contributed by atoms with Crippen molar-refractivity contribution in [3.63, 3.8) is 0 Å². The number of aromatic nitrogens is 2. The predicted molar refractivity (Wildman–Crippen MR) is 95.1 cm³/mol. The summed E-state index contributed by atoms with van der Waals surface area (Å²) in [5.74, 6) is -0.163. The molecule has 0 saturated carbocycles. The van der Waals surface area contributed by atoms with E-state index in [1.807, 2.05) is 0 Å². The van der Waals surface area contributed by atoms with E-state index in [0.717, 1.165) is 0 Å². The van der Waals surface area contributed by atoms with Gasteiger partial charge in [0.15, 0.2) is 5.82 Å². The quantitative estimate of drug-likeness (QED) is 0.515. The number of non-ortho nitro benzene ring substituents is 1. The molecule has 0 aliphatic rings. The van der Waals surface area contributed by atoms with Crippen LogP contribution >= 0.6 is 23.2 Å². The predicted octanol–water partition coefficient (Wildman–Crippen LogP) is 4.54. The van der Waals surface area contributed by atoms with Gasteiger partial charge in [0.05, 0.1) is 10.6 Å². The number of halogens is 2. The van der Waals surface area contributed by atoms with Crippen molar-refractivity contribution in [3.8, 4) is 11.3 Å². The van der Waals surface area contributed by atoms with Crippen LogP contribution in [0.4, 0.5) is 11.5 Å². The molecule has 0 aliphatic carbocycles. The summed E-state index contributed by atoms with van der Waals surface area (Å²) in [6, 6.07) is 12.1. The van der Waals surface area contributed by atoms with Crippen LogP contribution in [0.25, 0.3) is 11.3 Å². The molecular weight excluding hydrogens is 367 g/mol. The molecule has 126 valence electrons. The Kier molecular flexibility index (Phi) is 4.69. The lowest BCUT2D eigenvalue weighted by atomic mass is 10.1. The number of aromatic amines is 1. The van der Waals surface area contributed by atoms with Crippen molar-refractivity contribution >= 4 is 40.6 Å². The number of nitro benzene ring substituents is 1. The maximum atomic E-state index is 12.2. The first kappa shape index (κ1) is 16.9. The maximum absolute atomic E-state index is 12.2. The van der Waals surface area contributed by atoms with Gasteiger partial charge in [0.1, 0.15) is 0 Å². The summed E-state index contributed by atoms with van der Waals surface area (Å²) in [4.78, 5) is 22.6. The number of benzene rings is 2. The van der Waals surface area contributed by atoms with Gasteiger partial charge in [-0.1, -0.05) is 35.3 Å². The molecule has 0 saturated heterocycles. The minimum Gasteiger partial charge on any atom is -0.305 e. The minimum atomic E-state index is -0.481. The summed E-state index contributed by atoms with van der Waals surface area (Å²) in [6.07, 6.45) is 0. The standard InChI is InChI=1S/C16H10Cl2N4O3/c17-11-4-10(5-12(18)7-11)16(23)19-15-8-14(20-21-15)9-2-1-3-13(6-9)22(24)25/h1-8H,(H2,19,20,21,23). The fourth-order valence-corrected chi connectivity index (χ4v) is 2.72. The van der Waals surface area contributed by atoms with Crippen LogP contribution in [0.1, 0.15) is 10.4 Å². The van der Waals surface area contributed by atoms with Gasteiger partial charge in [0.25, 0.3) is 11.6 Å². The van der Waals surface area contributed by atoms with Crippen LogP contribution in [0.15, 0.2) is 48.5 Å². The number of nitrogens with zero attached hydrogens (tertiary/aromatic N) is 2. The first-order chi connectivity index (χ1) is 11.9. The molecule has 1 heterocycles. The molecular formula is C16H10Cl2N4O3. The van der Waals surface area contributed by atoms with Crippen molar-refractivity contribution in [2.45, 2.75) is 0 Å². The second-order valence-corrected chi connectivity index (χ2v) is 5.96. The van der Waals surface area contributed by atoms with Crippen LogP contribution in [0.3, 0.4) is 0 Å². The molecule has 0 spiro atoms. The highest BCUT2D eigenvalue weighted by Gasteiger charge is 2.12. The van der Waals surface area contributed by atoms with Crippen LogP contribution in [0.5, 0.6) is 0 Å². The van der Waals surface area contributed by atoms with Crippen molar-refractivity contribution in [2.24, 2.45) is 0 Å². The minimum absolute atomic E-state index is 0.0359. The van der Waals surface area contributed by atoms with Gasteiger partial charge in [-0.3, -0.25) is 20.0 Å². The number of nitrogens with one attached hydrogen (secondary N) is 2. The van der Waals surface area contributed by atoms with Crippen molar-refractivity contribution in [1.82, 2.24) is 10.2 Å². The Morgan fingerprint density at radius 2 is 1.84 bits per heavy atom. The van der Waals surface area contributed by atoms with Gasteiger partial charge in [0.2, 0.25) is 0 Å². The Bertz CT molecular complexity index is 951. The van der Waals surface area contributed by atoms with Gasteiger partial charge in [-0.15, -0.1) is 0 Å². The number of anilines is 1. The summed E-state index contributed by atoms with van der Waals surface area (Å²) in [7, 11) is 0. The van der Waals surface area contributed by atoms with Crippen molar-refractivity contribution in [2.75, 3.05) is 5.32 Å². The summed E-state index contributed by atoms with van der Waals surface area (Å²) in [5.41, 5.74) is 1.36. The number of carbonyl (C=O) groups excluding carboxylic acids is 1. The van der Waals surface area contributed by atoms with E-state index in [0.29, 0.717) is 21.3 Å². The molecule has 0 aliphatic heterocycles. The second kappa shape index (κ2) is 6.92. The van der Waals surface area contributed by atoms with Gasteiger partial charge in [-0.05, 0) is 18.2 Å². The van der Waals surface area contributed by atoms with Gasteiger partial charge in [0, 0.05) is 39.4 Å². The van der Waals surface area contributed by atoms with Gasteiger partial charge >= 0.3 is 0 Å². The van der Waals surface area contributed by atoms with Crippen molar-refractivity contribution in [1.29, 1.82) is 0 Å². The largest absolute Gasteiger partial charge is 0.305 e. The average molecular weight is 377 g/mol. The lowest BCUT2D eigenvalue weighted by Crippen LogP contribution is -2.12. The first-order valence-electron chi connectivity index (χ1n) is 7.00. The van der Waals surface area contributed by atoms with Crippen LogP contribution in [-0.4, -0.2) is 21.0 Å². The zero-order chi connectivity index (χ0) is 18.0. The van der Waals surface area contributed by atoms with Gasteiger partial charge in [-0.25, -0.2) is 0 Å². The zero-order valence-electron chi connectivity index (χ0n) is 12.5. The molecule has 7 nitrogen and oxygen atoms in total. The molecule has 0 unspecified atom stereocenters. The number of nitro groups is 1. The van der Waals surface area contributed by atoms with E-state index in [2.05, 4.69) is 15.5 Å². The Balaban J connectivity index is 1.81. The van der Waals surface area contributed by atoms with E-state index in [4.69, 9.17) is 23.2 Å². The number of hydrogen-bond acceptors (Lipinski definition) is 4. The highest BCUT2D eigenvalue weighted by molar-refractivity contribution is 6.35. The molecule has 1 amide bonds. The molecule has 0 bridgehead atoms. The van der Waals surface area contributed by atoms with Gasteiger partial charge < -0.3 is 5.32 Å². The molecule has 0 fully saturated rings. The van der Waals surface area contributed by atoms with E-state index in [1.54, 1.807) is 18.2 Å². The normalized spacial score (nSPS) is 10.5. The van der Waals surface area contributed by atoms with Crippen LogP contribution in [-0.2, 0) is 0 Å². The molecule has 0 radical (unpaired) electrons. The lowest BCUT2D eigenvalue weighted by Gasteiger charge is -2.03. The maximum Gasteiger partial charge on any atom is 0.270 e. The highest BCUT2D eigenvalue weighted by atomic mass is 35.5. The van der Waals surface area contributed by atoms with Crippen molar-refractivity contribution < 1.29 is 9.72 Å². The molecule has 3 rings (SSSR count). The number of hydrogen-bond donors (Lipinski definition) is 2. The Labute approximate surface area is 151 Å². The van der Waals surface area contributed by atoms with E-state index in [-0.39, 0.29) is 17.1 Å². The fraction of sp³-hybridized carbons (Fsp3) is 0. The summed E-state index contributed by atoms with van der Waals surface area (Å²) >= 11 is 11.8. The Morgan fingerprint density at radius 3 is 2.52 bits per heavy atom. The third-order valence-corrected chi connectivity index (χ3v) is 3.75. The van der Waals surface area contributed by atoms with Crippen molar-refractivity contribution in [3.05, 3.63) is 74.3 Å². The van der Waals surface area contributed by atoms with Crippen LogP contribution < -0.4 is 5.32 Å². The zero-order valence-corrected chi connectivity index (χ0v) is 14.0. The summed E-state index contributed by atoms with van der Waals surface area (Å²) < 4.78 is 0. The number of rotatable bonds is 4. The average Bonchev–Trinajstić information content (AvgIpc) is 3.02. The van der Waals surface area contributed by atoms with E-state index < -0.39 is 10.8 Å². The monoisotopic (exact) mass is 376 g/mol. The number of carbonyl (C=O) groups is 1. The topological polar surface area (TPSA) is 101 Å². The van der Waals surface area contributed by atoms with E-state index in [9.17, 15) is 14.9 Å². The SMILES string of the molecule is O=C(Nc1cc(-c2cccc([N+](=O)[O-])c2)[nH]n1)c1cc(Cl)cc(Cl)c1. The Hall–Kier alpha value is -2.90.